The van der Waals surface area contributed by atoms with Crippen molar-refractivity contribution in [1.29, 1.82) is 0 Å². The molecule has 0 saturated carbocycles. The van der Waals surface area contributed by atoms with Crippen LogP contribution >= 0.6 is 23.2 Å². The first kappa shape index (κ1) is 9.56. The number of rotatable bonds is 2. The molecule has 0 aliphatic heterocycles. The molecule has 1 nitrogen and oxygen atoms in total. The summed E-state index contributed by atoms with van der Waals surface area (Å²) in [5, 5.41) is 1.18. The van der Waals surface area contributed by atoms with Crippen molar-refractivity contribution in [3.8, 4) is 0 Å². The molecule has 64 valence electrons. The van der Waals surface area contributed by atoms with Crippen LogP contribution in [0, 0.1) is 0 Å². The maximum Gasteiger partial charge on any atom is 0.127 e. The first-order chi connectivity index (χ1) is 5.65. The van der Waals surface area contributed by atoms with E-state index in [9.17, 15) is 4.79 Å². The van der Waals surface area contributed by atoms with Gasteiger partial charge in [-0.05, 0) is 23.8 Å². The molecule has 0 heterocycles. The molecule has 0 bridgehead atoms. The molecule has 1 rings (SSSR count). The van der Waals surface area contributed by atoms with Crippen molar-refractivity contribution in [2.45, 2.75) is 12.8 Å². The summed E-state index contributed by atoms with van der Waals surface area (Å²) in [6, 6.07) is 5.10. The minimum Gasteiger partial charge on any atom is -0.303 e. The van der Waals surface area contributed by atoms with E-state index < -0.39 is 0 Å². The van der Waals surface area contributed by atoms with Crippen molar-refractivity contribution in [1.82, 2.24) is 0 Å². The van der Waals surface area contributed by atoms with Gasteiger partial charge < -0.3 is 4.79 Å². The van der Waals surface area contributed by atoms with E-state index in [0.717, 1.165) is 11.8 Å². The minimum absolute atomic E-state index is 0.198. The minimum atomic E-state index is -0.198. The van der Waals surface area contributed by atoms with Gasteiger partial charge in [-0.2, -0.15) is 0 Å². The van der Waals surface area contributed by atoms with E-state index in [-0.39, 0.29) is 5.92 Å². The van der Waals surface area contributed by atoms with Gasteiger partial charge in [0, 0.05) is 16.0 Å². The van der Waals surface area contributed by atoms with Crippen LogP contribution in [0.25, 0.3) is 0 Å². The zero-order valence-electron chi connectivity index (χ0n) is 6.55. The molecule has 0 amide bonds. The van der Waals surface area contributed by atoms with E-state index in [2.05, 4.69) is 0 Å². The third-order valence-electron chi connectivity index (χ3n) is 1.65. The molecule has 0 N–H and O–H groups in total. The molecular formula is C9H8Cl2O. The highest BCUT2D eigenvalue weighted by molar-refractivity contribution is 6.33. The number of carbonyl (C=O) groups is 1. The smallest absolute Gasteiger partial charge is 0.127 e. The Balaban J connectivity index is 3.12. The molecule has 1 aromatic rings. The fourth-order valence-corrected chi connectivity index (χ4v) is 1.41. The molecule has 0 aromatic heterocycles. The summed E-state index contributed by atoms with van der Waals surface area (Å²) >= 11 is 11.6. The number of hydrogen-bond donors (Lipinski definition) is 0. The van der Waals surface area contributed by atoms with Crippen LogP contribution < -0.4 is 0 Å². The molecule has 0 saturated heterocycles. The maximum absolute atomic E-state index is 10.5. The van der Waals surface area contributed by atoms with Crippen LogP contribution in [0.4, 0.5) is 0 Å². The Morgan fingerprint density at radius 2 is 2.08 bits per heavy atom. The van der Waals surface area contributed by atoms with Crippen LogP contribution in [0.5, 0.6) is 0 Å². The Bertz CT molecular complexity index is 297. The quantitative estimate of drug-likeness (QED) is 0.674. The van der Waals surface area contributed by atoms with Crippen molar-refractivity contribution in [2.75, 3.05) is 0 Å². The molecule has 1 aromatic carbocycles. The maximum atomic E-state index is 10.5. The fraction of sp³-hybridized carbons (Fsp3) is 0.222. The molecule has 3 heteroatoms. The number of aldehydes is 1. The van der Waals surface area contributed by atoms with Crippen LogP contribution in [0.3, 0.4) is 0 Å². The van der Waals surface area contributed by atoms with Gasteiger partial charge in [0.25, 0.3) is 0 Å². The molecule has 0 spiro atoms. The summed E-state index contributed by atoms with van der Waals surface area (Å²) in [5.41, 5.74) is 0.777. The van der Waals surface area contributed by atoms with Crippen molar-refractivity contribution >= 4 is 29.5 Å². The number of halogens is 2. The highest BCUT2D eigenvalue weighted by Gasteiger charge is 2.08. The summed E-state index contributed by atoms with van der Waals surface area (Å²) in [7, 11) is 0. The van der Waals surface area contributed by atoms with Crippen molar-refractivity contribution < 1.29 is 4.79 Å². The summed E-state index contributed by atoms with van der Waals surface area (Å²) in [6.07, 6.45) is 0.845. The summed E-state index contributed by atoms with van der Waals surface area (Å²) in [6.45, 7) is 1.78. The predicted octanol–water partition coefficient (Wildman–Crippen LogP) is 3.30. The molecule has 12 heavy (non-hydrogen) atoms. The van der Waals surface area contributed by atoms with Gasteiger partial charge >= 0.3 is 0 Å². The van der Waals surface area contributed by atoms with Gasteiger partial charge in [0.15, 0.2) is 0 Å². The van der Waals surface area contributed by atoms with Crippen LogP contribution in [-0.2, 0) is 4.79 Å². The Hall–Kier alpha value is -0.530. The molecule has 0 radical (unpaired) electrons. The third-order valence-corrected chi connectivity index (χ3v) is 2.23. The van der Waals surface area contributed by atoms with Gasteiger partial charge in [0.2, 0.25) is 0 Å². The Kier molecular flexibility index (Phi) is 3.12. The molecule has 1 atom stereocenters. The lowest BCUT2D eigenvalue weighted by Gasteiger charge is -2.06. The summed E-state index contributed by atoms with van der Waals surface area (Å²) < 4.78 is 0. The Morgan fingerprint density at radius 3 is 2.67 bits per heavy atom. The molecule has 0 aliphatic carbocycles. The monoisotopic (exact) mass is 202 g/mol. The Morgan fingerprint density at radius 1 is 1.42 bits per heavy atom. The largest absolute Gasteiger partial charge is 0.303 e. The highest BCUT2D eigenvalue weighted by atomic mass is 35.5. The lowest BCUT2D eigenvalue weighted by atomic mass is 10.0. The van der Waals surface area contributed by atoms with Crippen molar-refractivity contribution in [3.63, 3.8) is 0 Å². The topological polar surface area (TPSA) is 17.1 Å². The first-order valence-electron chi connectivity index (χ1n) is 3.55. The van der Waals surface area contributed by atoms with Crippen molar-refractivity contribution in [3.05, 3.63) is 33.8 Å². The molecular weight excluding hydrogens is 195 g/mol. The second-order valence-electron chi connectivity index (χ2n) is 2.59. The van der Waals surface area contributed by atoms with E-state index >= 15 is 0 Å². The summed E-state index contributed by atoms with van der Waals surface area (Å²) in [5.74, 6) is -0.198. The van der Waals surface area contributed by atoms with Gasteiger partial charge in [-0.3, -0.25) is 0 Å². The van der Waals surface area contributed by atoms with Gasteiger partial charge in [-0.15, -0.1) is 0 Å². The van der Waals surface area contributed by atoms with Crippen LogP contribution in [-0.4, -0.2) is 6.29 Å². The molecule has 0 aliphatic rings. The van der Waals surface area contributed by atoms with Gasteiger partial charge in [-0.1, -0.05) is 30.1 Å². The van der Waals surface area contributed by atoms with Crippen LogP contribution in [0.2, 0.25) is 10.0 Å². The first-order valence-corrected chi connectivity index (χ1v) is 4.31. The number of carbonyl (C=O) groups excluding carboxylic acids is 1. The number of benzene rings is 1. The average molecular weight is 203 g/mol. The SMILES string of the molecule is CC(C=O)c1cc(Cl)ccc1Cl. The highest BCUT2D eigenvalue weighted by Crippen LogP contribution is 2.26. The van der Waals surface area contributed by atoms with E-state index in [1.807, 2.05) is 0 Å². The van der Waals surface area contributed by atoms with E-state index in [0.29, 0.717) is 10.0 Å². The van der Waals surface area contributed by atoms with Crippen LogP contribution in [0.1, 0.15) is 18.4 Å². The summed E-state index contributed by atoms with van der Waals surface area (Å²) in [4.78, 5) is 10.5. The lowest BCUT2D eigenvalue weighted by Crippen LogP contribution is -1.94. The Labute approximate surface area is 81.3 Å². The van der Waals surface area contributed by atoms with Crippen molar-refractivity contribution in [2.24, 2.45) is 0 Å². The molecule has 1 unspecified atom stereocenters. The fourth-order valence-electron chi connectivity index (χ4n) is 0.937. The van der Waals surface area contributed by atoms with E-state index in [1.54, 1.807) is 25.1 Å². The lowest BCUT2D eigenvalue weighted by molar-refractivity contribution is -0.108. The van der Waals surface area contributed by atoms with E-state index in [1.165, 1.54) is 0 Å². The second kappa shape index (κ2) is 3.92. The van der Waals surface area contributed by atoms with Gasteiger partial charge in [-0.25, -0.2) is 0 Å². The van der Waals surface area contributed by atoms with Crippen LogP contribution in [0.15, 0.2) is 18.2 Å². The predicted molar refractivity (Wildman–Crippen MR) is 50.9 cm³/mol. The van der Waals surface area contributed by atoms with Gasteiger partial charge in [0.05, 0.1) is 0 Å². The second-order valence-corrected chi connectivity index (χ2v) is 3.43. The normalized spacial score (nSPS) is 12.6. The molecule has 0 fully saturated rings. The average Bonchev–Trinajstić information content (AvgIpc) is 2.08. The zero-order chi connectivity index (χ0) is 9.14. The third kappa shape index (κ3) is 1.99. The van der Waals surface area contributed by atoms with Gasteiger partial charge in [0.1, 0.15) is 6.29 Å². The van der Waals surface area contributed by atoms with E-state index in [4.69, 9.17) is 23.2 Å². The zero-order valence-corrected chi connectivity index (χ0v) is 8.06. The number of hydrogen-bond acceptors (Lipinski definition) is 1. The standard InChI is InChI=1S/C9H8Cl2O/c1-6(5-12)8-4-7(10)2-3-9(8)11/h2-6H,1H3.